The van der Waals surface area contributed by atoms with E-state index in [-0.39, 0.29) is 6.61 Å². The highest BCUT2D eigenvalue weighted by Crippen LogP contribution is 2.17. The van der Waals surface area contributed by atoms with Crippen molar-refractivity contribution in [2.75, 3.05) is 12.4 Å². The molecule has 0 aliphatic rings. The Morgan fingerprint density at radius 3 is 3.15 bits per heavy atom. The average molecular weight is 290 g/mol. The molecule has 1 atom stereocenters. The van der Waals surface area contributed by atoms with E-state index in [4.69, 9.17) is 14.4 Å². The van der Waals surface area contributed by atoms with E-state index in [0.717, 1.165) is 5.76 Å². The molecule has 0 saturated heterocycles. The van der Waals surface area contributed by atoms with Crippen molar-refractivity contribution in [3.05, 3.63) is 48.0 Å². The SMILES string of the molecule is N#Cc1ccnc(SCC(O)COCc2ccco2)c1. The minimum atomic E-state index is -0.595. The molecule has 0 bridgehead atoms. The third-order valence-electron chi connectivity index (χ3n) is 2.42. The van der Waals surface area contributed by atoms with Crippen LogP contribution in [0.2, 0.25) is 0 Å². The van der Waals surface area contributed by atoms with Gasteiger partial charge >= 0.3 is 0 Å². The maximum atomic E-state index is 9.80. The molecule has 6 heteroatoms. The number of hydrogen-bond donors (Lipinski definition) is 1. The number of aliphatic hydroxyl groups is 1. The van der Waals surface area contributed by atoms with Crippen molar-refractivity contribution in [3.63, 3.8) is 0 Å². The van der Waals surface area contributed by atoms with Gasteiger partial charge in [-0.2, -0.15) is 5.26 Å². The molecule has 104 valence electrons. The molecule has 1 unspecified atom stereocenters. The summed E-state index contributed by atoms with van der Waals surface area (Å²) in [7, 11) is 0. The van der Waals surface area contributed by atoms with Crippen molar-refractivity contribution < 1.29 is 14.3 Å². The summed E-state index contributed by atoms with van der Waals surface area (Å²) in [6, 6.07) is 9.00. The van der Waals surface area contributed by atoms with Crippen molar-refractivity contribution >= 4 is 11.8 Å². The summed E-state index contributed by atoms with van der Waals surface area (Å²) in [6.45, 7) is 0.572. The van der Waals surface area contributed by atoms with Gasteiger partial charge < -0.3 is 14.3 Å². The van der Waals surface area contributed by atoms with Crippen molar-refractivity contribution in [2.45, 2.75) is 17.7 Å². The Bertz CT molecular complexity index is 566. The number of thioether (sulfide) groups is 1. The molecule has 1 N–H and O–H groups in total. The van der Waals surface area contributed by atoms with Crippen LogP contribution in [-0.4, -0.2) is 28.6 Å². The summed E-state index contributed by atoms with van der Waals surface area (Å²) in [5.41, 5.74) is 0.561. The zero-order chi connectivity index (χ0) is 14.2. The lowest BCUT2D eigenvalue weighted by atomic mass is 10.3. The van der Waals surface area contributed by atoms with Gasteiger partial charge in [-0.1, -0.05) is 0 Å². The lowest BCUT2D eigenvalue weighted by molar-refractivity contribution is 0.0328. The Morgan fingerprint density at radius 2 is 2.40 bits per heavy atom. The van der Waals surface area contributed by atoms with Gasteiger partial charge in [-0.15, -0.1) is 11.8 Å². The first-order valence-corrected chi connectivity index (χ1v) is 7.03. The van der Waals surface area contributed by atoms with E-state index in [1.54, 1.807) is 30.7 Å². The number of ether oxygens (including phenoxy) is 1. The molecule has 0 aliphatic carbocycles. The second-order valence-electron chi connectivity index (χ2n) is 4.05. The second-order valence-corrected chi connectivity index (χ2v) is 5.09. The molecule has 20 heavy (non-hydrogen) atoms. The lowest BCUT2D eigenvalue weighted by Gasteiger charge is -2.10. The van der Waals surface area contributed by atoms with Crippen molar-refractivity contribution in [1.82, 2.24) is 4.98 Å². The van der Waals surface area contributed by atoms with E-state index in [2.05, 4.69) is 11.1 Å². The molecule has 2 aromatic rings. The highest BCUT2D eigenvalue weighted by atomic mass is 32.2. The van der Waals surface area contributed by atoms with Crippen LogP contribution in [-0.2, 0) is 11.3 Å². The van der Waals surface area contributed by atoms with Crippen LogP contribution in [0.25, 0.3) is 0 Å². The molecule has 5 nitrogen and oxygen atoms in total. The molecule has 2 aromatic heterocycles. The molecule has 2 heterocycles. The molecule has 0 fully saturated rings. The van der Waals surface area contributed by atoms with Crippen molar-refractivity contribution in [1.29, 1.82) is 5.26 Å². The minimum absolute atomic E-state index is 0.228. The van der Waals surface area contributed by atoms with Gasteiger partial charge in [-0.05, 0) is 24.3 Å². The molecule has 0 aromatic carbocycles. The molecule has 0 spiro atoms. The van der Waals surface area contributed by atoms with Crippen LogP contribution in [0.1, 0.15) is 11.3 Å². The van der Waals surface area contributed by atoms with Crippen LogP contribution in [0.5, 0.6) is 0 Å². The number of furan rings is 1. The van der Waals surface area contributed by atoms with E-state index >= 15 is 0 Å². The second kappa shape index (κ2) is 7.70. The number of aliphatic hydroxyl groups excluding tert-OH is 1. The third kappa shape index (κ3) is 4.70. The highest BCUT2D eigenvalue weighted by molar-refractivity contribution is 7.99. The summed E-state index contributed by atoms with van der Waals surface area (Å²) in [6.07, 6.45) is 2.57. The van der Waals surface area contributed by atoms with Crippen LogP contribution in [0.4, 0.5) is 0 Å². The fraction of sp³-hybridized carbons (Fsp3) is 0.286. The van der Waals surface area contributed by atoms with Crippen LogP contribution in [0.3, 0.4) is 0 Å². The van der Waals surface area contributed by atoms with Gasteiger partial charge in [-0.25, -0.2) is 4.98 Å². The van der Waals surface area contributed by atoms with E-state index in [1.165, 1.54) is 11.8 Å². The number of rotatable bonds is 7. The van der Waals surface area contributed by atoms with E-state index in [1.807, 2.05) is 6.07 Å². The fourth-order valence-corrected chi connectivity index (χ4v) is 2.28. The number of hydrogen-bond acceptors (Lipinski definition) is 6. The van der Waals surface area contributed by atoms with E-state index in [9.17, 15) is 5.11 Å². The number of aromatic nitrogens is 1. The molecular weight excluding hydrogens is 276 g/mol. The maximum Gasteiger partial charge on any atom is 0.129 e. The Labute approximate surface area is 121 Å². The Morgan fingerprint density at radius 1 is 1.50 bits per heavy atom. The predicted molar refractivity (Wildman–Crippen MR) is 74.0 cm³/mol. The monoisotopic (exact) mass is 290 g/mol. The molecule has 2 rings (SSSR count). The van der Waals surface area contributed by atoms with E-state index < -0.39 is 6.10 Å². The van der Waals surface area contributed by atoms with Gasteiger partial charge in [0, 0.05) is 11.9 Å². The molecule has 0 saturated carbocycles. The number of nitriles is 1. The van der Waals surface area contributed by atoms with Gasteiger partial charge in [0.25, 0.3) is 0 Å². The molecule has 0 radical (unpaired) electrons. The van der Waals surface area contributed by atoms with Gasteiger partial charge in [-0.3, -0.25) is 0 Å². The smallest absolute Gasteiger partial charge is 0.129 e. The lowest BCUT2D eigenvalue weighted by Crippen LogP contribution is -2.17. The van der Waals surface area contributed by atoms with Crippen molar-refractivity contribution in [2.24, 2.45) is 0 Å². The minimum Gasteiger partial charge on any atom is -0.467 e. The van der Waals surface area contributed by atoms with Gasteiger partial charge in [0.1, 0.15) is 12.4 Å². The number of nitrogens with zero attached hydrogens (tertiary/aromatic N) is 2. The average Bonchev–Trinajstić information content (AvgIpc) is 2.98. The largest absolute Gasteiger partial charge is 0.467 e. The zero-order valence-electron chi connectivity index (χ0n) is 10.7. The van der Waals surface area contributed by atoms with Gasteiger partial charge in [0.15, 0.2) is 0 Å². The van der Waals surface area contributed by atoms with Crippen LogP contribution in [0, 0.1) is 11.3 Å². The molecular formula is C14H14N2O3S. The Kier molecular flexibility index (Phi) is 5.62. The third-order valence-corrected chi connectivity index (χ3v) is 3.49. The fourth-order valence-electron chi connectivity index (χ4n) is 1.48. The Balaban J connectivity index is 1.69. The van der Waals surface area contributed by atoms with Crippen LogP contribution >= 0.6 is 11.8 Å². The number of pyridine rings is 1. The molecule has 0 amide bonds. The standard InChI is InChI=1S/C14H14N2O3S/c15-7-11-3-4-16-14(6-11)20-10-12(17)8-18-9-13-2-1-5-19-13/h1-6,12,17H,8-10H2. The summed E-state index contributed by atoms with van der Waals surface area (Å²) in [4.78, 5) is 4.13. The topological polar surface area (TPSA) is 79.3 Å². The predicted octanol–water partition coefficient (Wildman–Crippen LogP) is 2.22. The van der Waals surface area contributed by atoms with E-state index in [0.29, 0.717) is 22.9 Å². The van der Waals surface area contributed by atoms with Gasteiger partial charge in [0.2, 0.25) is 0 Å². The van der Waals surface area contributed by atoms with Crippen LogP contribution in [0.15, 0.2) is 46.2 Å². The van der Waals surface area contributed by atoms with Crippen LogP contribution < -0.4 is 0 Å². The summed E-state index contributed by atoms with van der Waals surface area (Å²) in [5.74, 6) is 1.19. The quantitative estimate of drug-likeness (QED) is 0.788. The normalized spacial score (nSPS) is 12.0. The molecule has 0 aliphatic heterocycles. The highest BCUT2D eigenvalue weighted by Gasteiger charge is 2.07. The maximum absolute atomic E-state index is 9.80. The summed E-state index contributed by atoms with van der Waals surface area (Å²) in [5, 5.41) is 19.3. The first kappa shape index (κ1) is 14.6. The van der Waals surface area contributed by atoms with Crippen molar-refractivity contribution in [3.8, 4) is 6.07 Å². The first-order chi connectivity index (χ1) is 9.78. The summed E-state index contributed by atoms with van der Waals surface area (Å²) < 4.78 is 10.5. The zero-order valence-corrected chi connectivity index (χ0v) is 11.5. The van der Waals surface area contributed by atoms with Gasteiger partial charge in [0.05, 0.1) is 35.6 Å². The summed E-state index contributed by atoms with van der Waals surface area (Å²) >= 11 is 1.39. The first-order valence-electron chi connectivity index (χ1n) is 6.05. The Hall–Kier alpha value is -1.81.